The quantitative estimate of drug-likeness (QED) is 0.723. The normalized spacial score (nSPS) is 38.9. The molecule has 4 rings (SSSR count). The van der Waals surface area contributed by atoms with Crippen LogP contribution in [0.25, 0.3) is 0 Å². The molecule has 2 fully saturated rings. The summed E-state index contributed by atoms with van der Waals surface area (Å²) in [6, 6.07) is 1.55. The van der Waals surface area contributed by atoms with E-state index in [0.717, 1.165) is 30.9 Å². The van der Waals surface area contributed by atoms with E-state index >= 15 is 0 Å². The number of fused-ring (bicyclic) bond motifs is 3. The van der Waals surface area contributed by atoms with Gasteiger partial charge in [-0.25, -0.2) is 4.99 Å². The summed E-state index contributed by atoms with van der Waals surface area (Å²) in [5, 5.41) is 6.68. The number of aliphatic imine (C=N–C) groups is 1. The zero-order valence-electron chi connectivity index (χ0n) is 9.89. The smallest absolute Gasteiger partial charge is 0.113 e. The summed E-state index contributed by atoms with van der Waals surface area (Å²) in [6.07, 6.45) is 8.85. The lowest BCUT2D eigenvalue weighted by atomic mass is 9.87. The minimum absolute atomic E-state index is 0.509. The van der Waals surface area contributed by atoms with Gasteiger partial charge in [0.2, 0.25) is 0 Å². The van der Waals surface area contributed by atoms with E-state index in [4.69, 9.17) is 0 Å². The third-order valence-corrected chi connectivity index (χ3v) is 4.41. The fourth-order valence-electron chi connectivity index (χ4n) is 3.40. The molecule has 0 aromatic carbocycles. The van der Waals surface area contributed by atoms with Gasteiger partial charge >= 0.3 is 0 Å². The lowest BCUT2D eigenvalue weighted by Crippen LogP contribution is -2.67. The van der Waals surface area contributed by atoms with E-state index in [0.29, 0.717) is 5.92 Å². The van der Waals surface area contributed by atoms with Crippen molar-refractivity contribution in [2.24, 2.45) is 10.9 Å². The number of piperazine rings is 1. The fraction of sp³-hybridized carbons (Fsp3) is 0.615. The SMILES string of the molecule is C1=CC2CC(CN3C4CNCC3C4)=CN=C2N1. The van der Waals surface area contributed by atoms with Gasteiger partial charge in [0.15, 0.2) is 0 Å². The van der Waals surface area contributed by atoms with E-state index in [1.807, 2.05) is 6.20 Å². The van der Waals surface area contributed by atoms with Crippen LogP contribution in [-0.2, 0) is 0 Å². The Morgan fingerprint density at radius 2 is 2.24 bits per heavy atom. The second-order valence-electron chi connectivity index (χ2n) is 5.49. The second kappa shape index (κ2) is 3.68. The monoisotopic (exact) mass is 230 g/mol. The summed E-state index contributed by atoms with van der Waals surface area (Å²) in [7, 11) is 0. The highest BCUT2D eigenvalue weighted by atomic mass is 15.3. The first-order valence-electron chi connectivity index (χ1n) is 6.55. The van der Waals surface area contributed by atoms with Gasteiger partial charge in [-0.15, -0.1) is 0 Å². The predicted octanol–water partition coefficient (Wildman–Crippen LogP) is 0.452. The number of piperidine rings is 1. The summed E-state index contributed by atoms with van der Waals surface area (Å²) < 4.78 is 0. The molecule has 90 valence electrons. The summed E-state index contributed by atoms with van der Waals surface area (Å²) in [5.74, 6) is 1.63. The van der Waals surface area contributed by atoms with E-state index in [2.05, 4.69) is 32.8 Å². The van der Waals surface area contributed by atoms with E-state index in [1.54, 1.807) is 0 Å². The maximum Gasteiger partial charge on any atom is 0.113 e. The maximum atomic E-state index is 4.52. The maximum absolute atomic E-state index is 4.52. The lowest BCUT2D eigenvalue weighted by Gasteiger charge is -2.53. The number of nitrogens with one attached hydrogen (secondary N) is 2. The largest absolute Gasteiger partial charge is 0.350 e. The van der Waals surface area contributed by atoms with Gasteiger partial charge in [-0.05, 0) is 24.6 Å². The molecule has 4 heteroatoms. The molecule has 2 N–H and O–H groups in total. The van der Waals surface area contributed by atoms with E-state index in [9.17, 15) is 0 Å². The Bertz CT molecular complexity index is 409. The molecule has 4 aliphatic rings. The van der Waals surface area contributed by atoms with Crippen molar-refractivity contribution >= 4 is 5.84 Å². The van der Waals surface area contributed by atoms with Gasteiger partial charge in [0.1, 0.15) is 5.84 Å². The van der Waals surface area contributed by atoms with Gasteiger partial charge in [0.25, 0.3) is 0 Å². The van der Waals surface area contributed by atoms with Crippen LogP contribution < -0.4 is 10.6 Å². The van der Waals surface area contributed by atoms with Gasteiger partial charge in [0, 0.05) is 43.8 Å². The van der Waals surface area contributed by atoms with Crippen molar-refractivity contribution < 1.29 is 0 Å². The van der Waals surface area contributed by atoms with Crippen molar-refractivity contribution in [1.82, 2.24) is 15.5 Å². The van der Waals surface area contributed by atoms with Gasteiger partial charge in [-0.1, -0.05) is 6.08 Å². The molecule has 0 saturated carbocycles. The molecule has 4 aliphatic heterocycles. The van der Waals surface area contributed by atoms with Crippen molar-refractivity contribution in [3.05, 3.63) is 24.0 Å². The van der Waals surface area contributed by atoms with Crippen LogP contribution in [0.1, 0.15) is 12.8 Å². The number of hydrogen-bond donors (Lipinski definition) is 2. The topological polar surface area (TPSA) is 39.7 Å². The highest BCUT2D eigenvalue weighted by molar-refractivity contribution is 5.90. The molecule has 0 amide bonds. The highest BCUT2D eigenvalue weighted by Gasteiger charge is 2.41. The van der Waals surface area contributed by atoms with Crippen LogP contribution in [0.5, 0.6) is 0 Å². The molecule has 3 unspecified atom stereocenters. The first-order chi connectivity index (χ1) is 8.40. The first kappa shape index (κ1) is 9.85. The number of rotatable bonds is 2. The molecular formula is C13H18N4. The average Bonchev–Trinajstić information content (AvgIpc) is 2.84. The molecule has 3 atom stereocenters. The Balaban J connectivity index is 1.45. The molecule has 17 heavy (non-hydrogen) atoms. The number of hydrogen-bond acceptors (Lipinski definition) is 4. The third-order valence-electron chi connectivity index (χ3n) is 4.41. The molecule has 0 aliphatic carbocycles. The second-order valence-corrected chi connectivity index (χ2v) is 5.49. The average molecular weight is 230 g/mol. The molecule has 0 aromatic rings. The zero-order chi connectivity index (χ0) is 11.2. The Labute approximate surface area is 101 Å². The van der Waals surface area contributed by atoms with E-state index in [-0.39, 0.29) is 0 Å². The molecular weight excluding hydrogens is 212 g/mol. The van der Waals surface area contributed by atoms with E-state index < -0.39 is 0 Å². The Kier molecular flexibility index (Phi) is 2.13. The van der Waals surface area contributed by atoms with E-state index in [1.165, 1.54) is 25.1 Å². The Morgan fingerprint density at radius 1 is 1.35 bits per heavy atom. The van der Waals surface area contributed by atoms with Gasteiger partial charge in [-0.2, -0.15) is 0 Å². The fourth-order valence-corrected chi connectivity index (χ4v) is 3.40. The van der Waals surface area contributed by atoms with Crippen LogP contribution in [0.3, 0.4) is 0 Å². The first-order valence-corrected chi connectivity index (χ1v) is 6.55. The van der Waals surface area contributed by atoms with Crippen molar-refractivity contribution in [3.63, 3.8) is 0 Å². The Hall–Kier alpha value is -1.13. The number of nitrogens with zero attached hydrogens (tertiary/aromatic N) is 2. The van der Waals surface area contributed by atoms with Crippen LogP contribution in [0, 0.1) is 5.92 Å². The van der Waals surface area contributed by atoms with Crippen LogP contribution in [0.4, 0.5) is 0 Å². The molecule has 4 nitrogen and oxygen atoms in total. The molecule has 0 radical (unpaired) electrons. The van der Waals surface area contributed by atoms with Crippen LogP contribution >= 0.6 is 0 Å². The summed E-state index contributed by atoms with van der Waals surface area (Å²) in [4.78, 5) is 7.16. The predicted molar refractivity (Wildman–Crippen MR) is 67.7 cm³/mol. The minimum atomic E-state index is 0.509. The summed E-state index contributed by atoms with van der Waals surface area (Å²) in [6.45, 7) is 3.46. The zero-order valence-corrected chi connectivity index (χ0v) is 9.89. The van der Waals surface area contributed by atoms with Crippen molar-refractivity contribution in [1.29, 1.82) is 0 Å². The number of amidine groups is 1. The Morgan fingerprint density at radius 3 is 3.06 bits per heavy atom. The lowest BCUT2D eigenvalue weighted by molar-refractivity contribution is -0.00534. The molecule has 2 bridgehead atoms. The van der Waals surface area contributed by atoms with Crippen LogP contribution in [-0.4, -0.2) is 42.5 Å². The van der Waals surface area contributed by atoms with Gasteiger partial charge < -0.3 is 10.6 Å². The van der Waals surface area contributed by atoms with Crippen LogP contribution in [0.15, 0.2) is 29.0 Å². The van der Waals surface area contributed by atoms with Crippen molar-refractivity contribution in [3.8, 4) is 0 Å². The van der Waals surface area contributed by atoms with Gasteiger partial charge in [0.05, 0.1) is 0 Å². The summed E-state index contributed by atoms with van der Waals surface area (Å²) >= 11 is 0. The van der Waals surface area contributed by atoms with Crippen molar-refractivity contribution in [2.45, 2.75) is 24.9 Å². The van der Waals surface area contributed by atoms with Crippen LogP contribution in [0.2, 0.25) is 0 Å². The molecule has 0 spiro atoms. The molecule has 2 saturated heterocycles. The molecule has 0 aromatic heterocycles. The molecule has 4 heterocycles. The minimum Gasteiger partial charge on any atom is -0.350 e. The third kappa shape index (κ3) is 1.55. The van der Waals surface area contributed by atoms with Gasteiger partial charge in [-0.3, -0.25) is 4.90 Å². The highest BCUT2D eigenvalue weighted by Crippen LogP contribution is 2.31. The standard InChI is InChI=1S/C13H18N4/c1-2-15-13-10(1)3-9(5-16-13)8-17-11-4-12(17)7-14-6-11/h1-2,5,10-12,14H,3-4,6-8H2,(H,15,16). The van der Waals surface area contributed by atoms with Crippen molar-refractivity contribution in [2.75, 3.05) is 19.6 Å². The summed E-state index contributed by atoms with van der Waals surface area (Å²) in [5.41, 5.74) is 1.49.